The number of aromatic amines is 1. The second-order valence-corrected chi connectivity index (χ2v) is 6.72. The SMILES string of the molecule is O=C(Nc1cccc(CSc2ccccn2)c1)c1n[nH]c2ccccc12. The molecule has 0 fully saturated rings. The van der Waals surface area contributed by atoms with E-state index in [9.17, 15) is 4.79 Å². The van der Waals surface area contributed by atoms with Gasteiger partial charge in [-0.2, -0.15) is 5.10 Å². The van der Waals surface area contributed by atoms with Crippen molar-refractivity contribution >= 4 is 34.3 Å². The van der Waals surface area contributed by atoms with Crippen LogP contribution in [-0.2, 0) is 5.75 Å². The van der Waals surface area contributed by atoms with E-state index in [1.54, 1.807) is 18.0 Å². The van der Waals surface area contributed by atoms with Gasteiger partial charge < -0.3 is 5.32 Å². The quantitative estimate of drug-likeness (QED) is 0.514. The number of thioether (sulfide) groups is 1. The normalized spacial score (nSPS) is 10.8. The Bertz CT molecular complexity index is 1050. The standard InChI is InChI=1S/C20H16N4OS/c25-20(19-16-8-1-2-9-17(16)23-24-19)22-15-7-5-6-14(12-15)13-26-18-10-3-4-11-21-18/h1-12H,13H2,(H,22,25)(H,23,24). The summed E-state index contributed by atoms with van der Waals surface area (Å²) in [5.41, 5.74) is 3.11. The van der Waals surface area contributed by atoms with E-state index >= 15 is 0 Å². The minimum Gasteiger partial charge on any atom is -0.321 e. The van der Waals surface area contributed by atoms with E-state index < -0.39 is 0 Å². The van der Waals surface area contributed by atoms with Crippen molar-refractivity contribution < 1.29 is 4.79 Å². The first-order valence-corrected chi connectivity index (χ1v) is 9.15. The number of fused-ring (bicyclic) bond motifs is 1. The van der Waals surface area contributed by atoms with Gasteiger partial charge in [-0.05, 0) is 35.9 Å². The molecule has 5 nitrogen and oxygen atoms in total. The number of hydrogen-bond acceptors (Lipinski definition) is 4. The van der Waals surface area contributed by atoms with Gasteiger partial charge in [-0.3, -0.25) is 9.89 Å². The molecule has 0 aliphatic heterocycles. The maximum atomic E-state index is 12.6. The summed E-state index contributed by atoms with van der Waals surface area (Å²) in [6, 6.07) is 21.3. The average Bonchev–Trinajstić information content (AvgIpc) is 3.12. The third-order valence-corrected chi connectivity index (χ3v) is 4.91. The van der Waals surface area contributed by atoms with Crippen LogP contribution in [0.15, 0.2) is 78.0 Å². The van der Waals surface area contributed by atoms with E-state index in [0.717, 1.165) is 32.9 Å². The Hall–Kier alpha value is -3.12. The van der Waals surface area contributed by atoms with Crippen molar-refractivity contribution in [1.82, 2.24) is 15.2 Å². The summed E-state index contributed by atoms with van der Waals surface area (Å²) < 4.78 is 0. The Morgan fingerprint density at radius 3 is 2.81 bits per heavy atom. The Balaban J connectivity index is 1.47. The van der Waals surface area contributed by atoms with Gasteiger partial charge in [0.1, 0.15) is 0 Å². The Labute approximate surface area is 154 Å². The van der Waals surface area contributed by atoms with Crippen LogP contribution in [0.1, 0.15) is 16.1 Å². The van der Waals surface area contributed by atoms with Crippen LogP contribution < -0.4 is 5.32 Å². The molecule has 2 N–H and O–H groups in total. The molecule has 0 spiro atoms. The van der Waals surface area contributed by atoms with E-state index in [4.69, 9.17) is 0 Å². The molecule has 2 aromatic heterocycles. The van der Waals surface area contributed by atoms with Gasteiger partial charge in [0, 0.05) is 23.0 Å². The van der Waals surface area contributed by atoms with E-state index in [-0.39, 0.29) is 5.91 Å². The molecule has 128 valence electrons. The third kappa shape index (κ3) is 3.60. The summed E-state index contributed by atoms with van der Waals surface area (Å²) in [6.07, 6.45) is 1.78. The molecule has 0 atom stereocenters. The molecule has 4 aromatic rings. The Morgan fingerprint density at radius 2 is 1.92 bits per heavy atom. The molecule has 0 radical (unpaired) electrons. The number of amides is 1. The van der Waals surface area contributed by atoms with Crippen molar-refractivity contribution in [2.75, 3.05) is 5.32 Å². The lowest BCUT2D eigenvalue weighted by Crippen LogP contribution is -2.12. The van der Waals surface area contributed by atoms with Gasteiger partial charge in [-0.25, -0.2) is 4.98 Å². The molecule has 2 aromatic carbocycles. The zero-order valence-electron chi connectivity index (χ0n) is 13.8. The largest absolute Gasteiger partial charge is 0.321 e. The predicted octanol–water partition coefficient (Wildman–Crippen LogP) is 4.50. The van der Waals surface area contributed by atoms with Gasteiger partial charge in [0.2, 0.25) is 0 Å². The zero-order chi connectivity index (χ0) is 17.8. The number of H-pyrrole nitrogens is 1. The molecular formula is C20H16N4OS. The minimum atomic E-state index is -0.225. The number of carbonyl (C=O) groups is 1. The Morgan fingerprint density at radius 1 is 1.04 bits per heavy atom. The summed E-state index contributed by atoms with van der Waals surface area (Å²) in [6.45, 7) is 0. The highest BCUT2D eigenvalue weighted by molar-refractivity contribution is 7.98. The number of rotatable bonds is 5. The number of aromatic nitrogens is 3. The highest BCUT2D eigenvalue weighted by atomic mass is 32.2. The maximum Gasteiger partial charge on any atom is 0.276 e. The lowest BCUT2D eigenvalue weighted by Gasteiger charge is -2.06. The zero-order valence-corrected chi connectivity index (χ0v) is 14.7. The van der Waals surface area contributed by atoms with Crippen LogP contribution >= 0.6 is 11.8 Å². The van der Waals surface area contributed by atoms with Crippen LogP contribution in [0.5, 0.6) is 0 Å². The number of nitrogens with one attached hydrogen (secondary N) is 2. The molecule has 6 heteroatoms. The van der Waals surface area contributed by atoms with Crippen molar-refractivity contribution in [3.63, 3.8) is 0 Å². The van der Waals surface area contributed by atoms with Crippen molar-refractivity contribution in [2.45, 2.75) is 10.8 Å². The second-order valence-electron chi connectivity index (χ2n) is 5.73. The smallest absolute Gasteiger partial charge is 0.276 e. The maximum absolute atomic E-state index is 12.6. The van der Waals surface area contributed by atoms with Gasteiger partial charge in [0.15, 0.2) is 5.69 Å². The van der Waals surface area contributed by atoms with E-state index in [1.807, 2.05) is 66.7 Å². The molecular weight excluding hydrogens is 344 g/mol. The lowest BCUT2D eigenvalue weighted by molar-refractivity contribution is 0.102. The number of pyridine rings is 1. The van der Waals surface area contributed by atoms with Crippen molar-refractivity contribution in [2.24, 2.45) is 0 Å². The highest BCUT2D eigenvalue weighted by Crippen LogP contribution is 2.23. The van der Waals surface area contributed by atoms with Gasteiger partial charge in [-0.1, -0.05) is 36.4 Å². The lowest BCUT2D eigenvalue weighted by atomic mass is 10.2. The van der Waals surface area contributed by atoms with E-state index in [1.165, 1.54) is 0 Å². The third-order valence-electron chi connectivity index (χ3n) is 3.89. The molecule has 0 aliphatic rings. The average molecular weight is 360 g/mol. The van der Waals surface area contributed by atoms with Crippen LogP contribution in [0.2, 0.25) is 0 Å². The van der Waals surface area contributed by atoms with Crippen LogP contribution in [0.4, 0.5) is 5.69 Å². The number of benzene rings is 2. The summed E-state index contributed by atoms with van der Waals surface area (Å²) in [4.78, 5) is 16.9. The fourth-order valence-electron chi connectivity index (χ4n) is 2.66. The molecule has 0 bridgehead atoms. The fourth-order valence-corrected chi connectivity index (χ4v) is 3.46. The molecule has 0 aliphatic carbocycles. The van der Waals surface area contributed by atoms with Gasteiger partial charge >= 0.3 is 0 Å². The number of anilines is 1. The molecule has 2 heterocycles. The predicted molar refractivity (Wildman–Crippen MR) is 104 cm³/mol. The number of hydrogen-bond donors (Lipinski definition) is 2. The van der Waals surface area contributed by atoms with Crippen LogP contribution in [-0.4, -0.2) is 21.1 Å². The van der Waals surface area contributed by atoms with Crippen LogP contribution in [0.25, 0.3) is 10.9 Å². The molecule has 0 saturated heterocycles. The number of para-hydroxylation sites is 1. The number of nitrogens with zero attached hydrogens (tertiary/aromatic N) is 2. The first-order valence-electron chi connectivity index (χ1n) is 8.17. The second kappa shape index (κ2) is 7.41. The van der Waals surface area contributed by atoms with Crippen LogP contribution in [0.3, 0.4) is 0 Å². The van der Waals surface area contributed by atoms with Gasteiger partial charge in [0.05, 0.1) is 10.5 Å². The molecule has 4 rings (SSSR count). The molecule has 0 saturated carbocycles. The summed E-state index contributed by atoms with van der Waals surface area (Å²) in [5, 5.41) is 11.7. The first-order chi connectivity index (χ1) is 12.8. The van der Waals surface area contributed by atoms with Gasteiger partial charge in [0.25, 0.3) is 5.91 Å². The minimum absolute atomic E-state index is 0.225. The van der Waals surface area contributed by atoms with E-state index in [2.05, 4.69) is 20.5 Å². The monoisotopic (exact) mass is 360 g/mol. The van der Waals surface area contributed by atoms with Crippen molar-refractivity contribution in [3.8, 4) is 0 Å². The first kappa shape index (κ1) is 16.4. The van der Waals surface area contributed by atoms with Gasteiger partial charge in [-0.15, -0.1) is 11.8 Å². The fraction of sp³-hybridized carbons (Fsp3) is 0.0500. The Kier molecular flexibility index (Phi) is 4.66. The highest BCUT2D eigenvalue weighted by Gasteiger charge is 2.14. The molecule has 1 amide bonds. The summed E-state index contributed by atoms with van der Waals surface area (Å²) >= 11 is 1.66. The van der Waals surface area contributed by atoms with Crippen LogP contribution in [0, 0.1) is 0 Å². The van der Waals surface area contributed by atoms with E-state index in [0.29, 0.717) is 5.69 Å². The molecule has 26 heavy (non-hydrogen) atoms. The number of carbonyl (C=O) groups excluding carboxylic acids is 1. The van der Waals surface area contributed by atoms with Crippen molar-refractivity contribution in [3.05, 3.63) is 84.2 Å². The molecule has 0 unspecified atom stereocenters. The summed E-state index contributed by atoms with van der Waals surface area (Å²) in [5.74, 6) is 0.559. The van der Waals surface area contributed by atoms with Crippen molar-refractivity contribution in [1.29, 1.82) is 0 Å². The topological polar surface area (TPSA) is 70.7 Å². The summed E-state index contributed by atoms with van der Waals surface area (Å²) in [7, 11) is 0.